The molecule has 0 amide bonds. The monoisotopic (exact) mass is 1210 g/mol. The van der Waals surface area contributed by atoms with E-state index >= 15 is 0 Å². The van der Waals surface area contributed by atoms with Crippen molar-refractivity contribution in [2.45, 2.75) is 0 Å². The van der Waals surface area contributed by atoms with Gasteiger partial charge in [0, 0.05) is 13.4 Å². The van der Waals surface area contributed by atoms with Gasteiger partial charge in [0.1, 0.15) is 54.1 Å². The average Bonchev–Trinajstić information content (AvgIpc) is 3.45. The maximum Gasteiger partial charge on any atom is 0.126 e. The number of hydrogen-bond acceptors (Lipinski definition) is 7. The molecule has 0 spiro atoms. The molecule has 9 aromatic carbocycles. The van der Waals surface area contributed by atoms with Crippen LogP contribution in [0.25, 0.3) is 15.6 Å². The van der Waals surface area contributed by atoms with Crippen LogP contribution in [0.3, 0.4) is 0 Å². The fourth-order valence-corrected chi connectivity index (χ4v) is 22.3. The predicted octanol–water partition coefficient (Wildman–Crippen LogP) is 18.0. The molecule has 12 rings (SSSR count). The van der Waals surface area contributed by atoms with Gasteiger partial charge in [-0.05, 0) is 174 Å². The van der Waals surface area contributed by atoms with Crippen LogP contribution in [0, 0.1) is 5.92 Å². The molecule has 16 heteroatoms. The molecule has 3 aliphatic rings. The van der Waals surface area contributed by atoms with E-state index in [1.807, 2.05) is 54.6 Å². The zero-order chi connectivity index (χ0) is 50.4. The van der Waals surface area contributed by atoms with Crippen molar-refractivity contribution >= 4 is 136 Å². The highest BCUT2D eigenvalue weighted by Crippen LogP contribution is 2.72. The summed E-state index contributed by atoms with van der Waals surface area (Å²) in [4.78, 5) is 2.12. The minimum atomic E-state index is -2.94. The lowest BCUT2D eigenvalue weighted by Gasteiger charge is -2.39. The Labute approximate surface area is 458 Å². The van der Waals surface area contributed by atoms with Crippen LogP contribution >= 0.6 is 70.0 Å². The van der Waals surface area contributed by atoms with Crippen molar-refractivity contribution in [3.05, 3.63) is 266 Å². The fourth-order valence-electron chi connectivity index (χ4n) is 9.85. The van der Waals surface area contributed by atoms with Gasteiger partial charge in [0.2, 0.25) is 0 Å². The first-order chi connectivity index (χ1) is 36.3. The highest BCUT2D eigenvalue weighted by Gasteiger charge is 2.53. The predicted molar refractivity (Wildman–Crippen MR) is 323 cm³/mol. The first-order valence-electron chi connectivity index (χ1n) is 23.9. The molecular formula is C58H46Br3N10P3. The smallest absolute Gasteiger partial charge is 0.126 e. The molecule has 8 bridgehead atoms. The van der Waals surface area contributed by atoms with E-state index in [9.17, 15) is 0 Å². The average molecular weight is 1220 g/mol. The van der Waals surface area contributed by atoms with Crippen LogP contribution in [0.5, 0.6) is 0 Å². The van der Waals surface area contributed by atoms with Crippen LogP contribution in [-0.2, 0) is 0 Å². The SMILES string of the molecule is Brc1ccc2cc1N1c3cc(ccc3Br)N=N[N-][P+](c3ccccc3)(c3ccccc3)CC(C[P+](c3ccccc3)(c3ccccc3)[N-]N=N2)C[P+](c2ccccc2)(c2ccccc2)[N-]N=Nc2ccc(Br)c1c2. The van der Waals surface area contributed by atoms with Crippen molar-refractivity contribution in [3.8, 4) is 0 Å². The summed E-state index contributed by atoms with van der Waals surface area (Å²) in [5.74, 6) is -0.188. The van der Waals surface area contributed by atoms with Crippen LogP contribution in [0.4, 0.5) is 34.1 Å². The quantitative estimate of drug-likeness (QED) is 0.151. The molecule has 0 atom stereocenters. The van der Waals surface area contributed by atoms with Crippen LogP contribution in [0.15, 0.2) is 281 Å². The van der Waals surface area contributed by atoms with Crippen molar-refractivity contribution < 1.29 is 0 Å². The van der Waals surface area contributed by atoms with Crippen LogP contribution in [0.1, 0.15) is 0 Å². The maximum absolute atomic E-state index is 5.64. The molecule has 0 radical (unpaired) electrons. The van der Waals surface area contributed by atoms with Crippen molar-refractivity contribution in [3.63, 3.8) is 0 Å². The molecule has 74 heavy (non-hydrogen) atoms. The minimum Gasteiger partial charge on any atom is -0.348 e. The Hall–Kier alpha value is -6.29. The van der Waals surface area contributed by atoms with E-state index in [-0.39, 0.29) is 5.92 Å². The van der Waals surface area contributed by atoms with Gasteiger partial charge in [0.15, 0.2) is 0 Å². The normalized spacial score (nSPS) is 16.7. The van der Waals surface area contributed by atoms with Crippen molar-refractivity contribution in [2.24, 2.45) is 36.9 Å². The van der Waals surface area contributed by atoms with Gasteiger partial charge in [-0.2, -0.15) is 0 Å². The minimum absolute atomic E-state index is 0.188. The maximum atomic E-state index is 5.64. The van der Waals surface area contributed by atoms with E-state index in [0.717, 1.165) is 62.3 Å². The molecular weight excluding hydrogens is 1170 g/mol. The summed E-state index contributed by atoms with van der Waals surface area (Å²) in [7, 11) is -8.81. The first kappa shape index (κ1) is 49.9. The number of rotatable bonds is 6. The Morgan fingerprint density at radius 2 is 0.554 bits per heavy atom. The molecule has 9 aromatic rings. The van der Waals surface area contributed by atoms with Gasteiger partial charge in [0.25, 0.3) is 0 Å². The van der Waals surface area contributed by atoms with Crippen molar-refractivity contribution in [1.82, 2.24) is 0 Å². The lowest BCUT2D eigenvalue weighted by Crippen LogP contribution is -2.36. The Bertz CT molecular complexity index is 2990. The number of hydrogen-bond donors (Lipinski definition) is 0. The molecule has 364 valence electrons. The largest absolute Gasteiger partial charge is 0.348 e. The standard InChI is InChI=1S/C58H46Br3N10P3/c59-53-34-31-44-37-56(53)71-57-38-45(32-35-54(57)60)63-66-69-73(49-23-11-3-12-24-49,50-25-13-4-14-26-50)41-43(40-72(68-65-62-44,47-19-7-1-8-20-47)48-21-9-2-10-22-48)42-74(51-27-15-5-16-28-51,52-29-17-6-18-30-52)70-67-64-46-33-36-55(61)58(71)39-46/h1-39,43H,40-42H2. The summed E-state index contributed by atoms with van der Waals surface area (Å²) >= 11 is 11.8. The van der Waals surface area contributed by atoms with E-state index in [1.165, 1.54) is 0 Å². The van der Waals surface area contributed by atoms with Crippen LogP contribution in [-0.4, -0.2) is 18.5 Å². The van der Waals surface area contributed by atoms with Gasteiger partial charge in [-0.1, -0.05) is 127 Å². The Balaban J connectivity index is 1.29. The van der Waals surface area contributed by atoms with Gasteiger partial charge >= 0.3 is 0 Å². The summed E-state index contributed by atoms with van der Waals surface area (Å²) in [6.45, 7) is 0. The summed E-state index contributed by atoms with van der Waals surface area (Å²) in [5.41, 5.74) is 4.15. The highest BCUT2D eigenvalue weighted by molar-refractivity contribution is 9.11. The molecule has 3 aliphatic heterocycles. The molecule has 0 aromatic heterocycles. The second kappa shape index (κ2) is 22.3. The molecule has 0 fully saturated rings. The van der Waals surface area contributed by atoms with E-state index in [2.05, 4.69) is 235 Å². The van der Waals surface area contributed by atoms with Crippen molar-refractivity contribution in [2.75, 3.05) is 23.4 Å². The lowest BCUT2D eigenvalue weighted by molar-refractivity contribution is 0.758. The van der Waals surface area contributed by atoms with Gasteiger partial charge in [-0.3, -0.25) is 0 Å². The number of nitrogens with zero attached hydrogens (tertiary/aromatic N) is 10. The van der Waals surface area contributed by atoms with Crippen LogP contribution in [0.2, 0.25) is 0 Å². The molecule has 3 heterocycles. The highest BCUT2D eigenvalue weighted by atomic mass is 79.9. The zero-order valence-electron chi connectivity index (χ0n) is 39.7. The number of halogens is 3. The molecule has 0 unspecified atom stereocenters. The molecule has 0 aliphatic carbocycles. The first-order valence-corrected chi connectivity index (χ1v) is 32.1. The van der Waals surface area contributed by atoms with E-state index in [1.54, 1.807) is 0 Å². The third-order valence-corrected chi connectivity index (χ3v) is 26.5. The lowest BCUT2D eigenvalue weighted by atomic mass is 10.1. The second-order valence-corrected chi connectivity index (χ2v) is 29.7. The third kappa shape index (κ3) is 10.1. The summed E-state index contributed by atoms with van der Waals surface area (Å²) in [5, 5.41) is 53.4. The van der Waals surface area contributed by atoms with Gasteiger partial charge in [-0.25, -0.2) is 31.3 Å². The number of anilines is 3. The van der Waals surface area contributed by atoms with Gasteiger partial charge < -0.3 is 20.2 Å². The fraction of sp³-hybridized carbons (Fsp3) is 0.0690. The third-order valence-electron chi connectivity index (χ3n) is 13.2. The molecule has 0 saturated carbocycles. The zero-order valence-corrected chi connectivity index (χ0v) is 47.1. The summed E-state index contributed by atoms with van der Waals surface area (Å²) in [6.07, 6.45) is 1.73. The van der Waals surface area contributed by atoms with Crippen LogP contribution < -0.4 is 36.7 Å². The summed E-state index contributed by atoms with van der Waals surface area (Å²) < 4.78 is 2.41. The molecule has 0 saturated heterocycles. The second-order valence-electron chi connectivity index (χ2n) is 17.8. The van der Waals surface area contributed by atoms with Crippen molar-refractivity contribution in [1.29, 1.82) is 0 Å². The Morgan fingerprint density at radius 1 is 0.324 bits per heavy atom. The van der Waals surface area contributed by atoms with E-state index < -0.39 is 22.2 Å². The molecule has 10 nitrogen and oxygen atoms in total. The molecule has 0 N–H and O–H groups in total. The summed E-state index contributed by atoms with van der Waals surface area (Å²) in [6, 6.07) is 81.8. The Kier molecular flexibility index (Phi) is 15.0. The topological polar surface area (TPSA) is 120 Å². The van der Waals surface area contributed by atoms with E-state index in [0.29, 0.717) is 35.5 Å². The Morgan fingerprint density at radius 3 is 0.784 bits per heavy atom. The van der Waals surface area contributed by atoms with E-state index in [4.69, 9.17) is 46.6 Å². The van der Waals surface area contributed by atoms with Gasteiger partial charge in [0.05, 0.1) is 41.5 Å². The number of fused-ring (bicyclic) bond motifs is 9. The van der Waals surface area contributed by atoms with Gasteiger partial charge in [-0.15, -0.1) is 0 Å². The number of benzene rings is 9.